The van der Waals surface area contributed by atoms with E-state index in [1.54, 1.807) is 0 Å². The highest BCUT2D eigenvalue weighted by atomic mass is 16.5. The van der Waals surface area contributed by atoms with E-state index in [-0.39, 0.29) is 11.8 Å². The molecule has 1 nitrogen and oxygen atoms in total. The van der Waals surface area contributed by atoms with Crippen molar-refractivity contribution < 1.29 is 4.74 Å². The van der Waals surface area contributed by atoms with E-state index >= 15 is 0 Å². The fraction of sp³-hybridized carbons (Fsp3) is 0.333. The van der Waals surface area contributed by atoms with Gasteiger partial charge in [-0.25, -0.2) is 0 Å². The van der Waals surface area contributed by atoms with Crippen molar-refractivity contribution in [2.24, 2.45) is 11.8 Å². The van der Waals surface area contributed by atoms with Gasteiger partial charge >= 0.3 is 0 Å². The first-order chi connectivity index (χ1) is 6.28. The molecule has 0 saturated heterocycles. The third-order valence-corrected chi connectivity index (χ3v) is 1.83. The minimum absolute atomic E-state index is 0.232. The van der Waals surface area contributed by atoms with E-state index < -0.39 is 0 Å². The second kappa shape index (κ2) is 7.56. The van der Waals surface area contributed by atoms with Crippen LogP contribution in [0.25, 0.3) is 0 Å². The second-order valence-electron chi connectivity index (χ2n) is 2.81. The van der Waals surface area contributed by atoms with Crippen molar-refractivity contribution in [3.8, 4) is 0 Å². The van der Waals surface area contributed by atoms with Crippen molar-refractivity contribution in [2.75, 3.05) is 13.2 Å². The van der Waals surface area contributed by atoms with E-state index in [4.69, 9.17) is 4.74 Å². The third kappa shape index (κ3) is 5.21. The Kier molecular flexibility index (Phi) is 6.93. The summed E-state index contributed by atoms with van der Waals surface area (Å²) >= 11 is 0. The number of hydrogen-bond acceptors (Lipinski definition) is 1. The Labute approximate surface area is 81.1 Å². The first-order valence-electron chi connectivity index (χ1n) is 4.36. The average Bonchev–Trinajstić information content (AvgIpc) is 2.19. The van der Waals surface area contributed by atoms with Gasteiger partial charge in [-0.3, -0.25) is 0 Å². The Morgan fingerprint density at radius 2 is 1.08 bits per heavy atom. The zero-order chi connectivity index (χ0) is 10.1. The zero-order valence-electron chi connectivity index (χ0n) is 8.11. The smallest absolute Gasteiger partial charge is 0.0563 e. The van der Waals surface area contributed by atoms with Gasteiger partial charge in [0.15, 0.2) is 0 Å². The van der Waals surface area contributed by atoms with Crippen LogP contribution in [-0.4, -0.2) is 13.2 Å². The molecular formula is C12H18O. The van der Waals surface area contributed by atoms with E-state index in [0.29, 0.717) is 13.2 Å². The summed E-state index contributed by atoms with van der Waals surface area (Å²) in [5.74, 6) is 0.463. The standard InChI is InChI=1S/C12H18O/c1-5-11(6-2)9-13-10-12(7-3)8-4/h5-8,11-12H,1-4,9-10H2. The molecular weight excluding hydrogens is 160 g/mol. The molecule has 0 fully saturated rings. The summed E-state index contributed by atoms with van der Waals surface area (Å²) < 4.78 is 5.44. The molecule has 0 bridgehead atoms. The minimum Gasteiger partial charge on any atom is -0.380 e. The molecule has 0 spiro atoms. The van der Waals surface area contributed by atoms with Crippen molar-refractivity contribution in [1.82, 2.24) is 0 Å². The highest BCUT2D eigenvalue weighted by Gasteiger charge is 2.01. The van der Waals surface area contributed by atoms with Crippen molar-refractivity contribution in [1.29, 1.82) is 0 Å². The first-order valence-corrected chi connectivity index (χ1v) is 4.36. The van der Waals surface area contributed by atoms with Gasteiger partial charge in [0.2, 0.25) is 0 Å². The van der Waals surface area contributed by atoms with E-state index in [1.165, 1.54) is 0 Å². The van der Waals surface area contributed by atoms with Crippen LogP contribution in [0.2, 0.25) is 0 Å². The van der Waals surface area contributed by atoms with Crippen LogP contribution in [0.3, 0.4) is 0 Å². The van der Waals surface area contributed by atoms with Crippen molar-refractivity contribution in [2.45, 2.75) is 0 Å². The lowest BCUT2D eigenvalue weighted by atomic mass is 10.1. The van der Waals surface area contributed by atoms with Gasteiger partial charge in [0.05, 0.1) is 13.2 Å². The van der Waals surface area contributed by atoms with Crippen LogP contribution < -0.4 is 0 Å². The summed E-state index contributed by atoms with van der Waals surface area (Å²) in [6.07, 6.45) is 7.29. The molecule has 0 N–H and O–H groups in total. The van der Waals surface area contributed by atoms with Crippen molar-refractivity contribution in [3.63, 3.8) is 0 Å². The maximum Gasteiger partial charge on any atom is 0.0563 e. The molecule has 0 atom stereocenters. The molecule has 13 heavy (non-hydrogen) atoms. The molecule has 0 rings (SSSR count). The van der Waals surface area contributed by atoms with Gasteiger partial charge in [-0.05, 0) is 0 Å². The largest absolute Gasteiger partial charge is 0.380 e. The zero-order valence-corrected chi connectivity index (χ0v) is 8.11. The van der Waals surface area contributed by atoms with Gasteiger partial charge in [0.25, 0.3) is 0 Å². The number of ether oxygens (including phenoxy) is 1. The molecule has 1 heteroatoms. The van der Waals surface area contributed by atoms with Gasteiger partial charge in [-0.1, -0.05) is 24.3 Å². The summed E-state index contributed by atoms with van der Waals surface area (Å²) in [6.45, 7) is 16.0. The van der Waals surface area contributed by atoms with Crippen LogP contribution >= 0.6 is 0 Å². The average molecular weight is 178 g/mol. The normalized spacial score (nSPS) is 10.0. The van der Waals surface area contributed by atoms with Crippen LogP contribution in [0.4, 0.5) is 0 Å². The predicted molar refractivity (Wildman–Crippen MR) is 58.6 cm³/mol. The lowest BCUT2D eigenvalue weighted by Crippen LogP contribution is -2.09. The fourth-order valence-electron chi connectivity index (χ4n) is 0.805. The monoisotopic (exact) mass is 178 g/mol. The highest BCUT2D eigenvalue weighted by Crippen LogP contribution is 2.04. The molecule has 0 saturated carbocycles. The van der Waals surface area contributed by atoms with E-state index in [9.17, 15) is 0 Å². The van der Waals surface area contributed by atoms with Gasteiger partial charge in [0.1, 0.15) is 0 Å². The van der Waals surface area contributed by atoms with Crippen LogP contribution in [0, 0.1) is 11.8 Å². The summed E-state index contributed by atoms with van der Waals surface area (Å²) in [5.41, 5.74) is 0. The maximum absolute atomic E-state index is 5.44. The molecule has 0 unspecified atom stereocenters. The van der Waals surface area contributed by atoms with Crippen LogP contribution in [0.5, 0.6) is 0 Å². The van der Waals surface area contributed by atoms with Crippen LogP contribution in [0.15, 0.2) is 50.6 Å². The lowest BCUT2D eigenvalue weighted by Gasteiger charge is -2.10. The topological polar surface area (TPSA) is 9.23 Å². The van der Waals surface area contributed by atoms with Crippen LogP contribution in [-0.2, 0) is 4.74 Å². The Balaban J connectivity index is 3.63. The molecule has 0 heterocycles. The molecule has 0 aromatic rings. The Morgan fingerprint density at radius 1 is 0.769 bits per heavy atom. The Bertz CT molecular complexity index is 146. The number of rotatable bonds is 8. The predicted octanol–water partition coefficient (Wildman–Crippen LogP) is 2.98. The molecule has 0 amide bonds. The SMILES string of the molecule is C=CC(C=C)COCC(C=C)C=C. The third-order valence-electron chi connectivity index (χ3n) is 1.83. The molecule has 0 aliphatic carbocycles. The van der Waals surface area contributed by atoms with Gasteiger partial charge < -0.3 is 4.74 Å². The highest BCUT2D eigenvalue weighted by molar-refractivity contribution is 4.93. The molecule has 0 aliphatic rings. The molecule has 0 radical (unpaired) electrons. The van der Waals surface area contributed by atoms with E-state index in [0.717, 1.165) is 0 Å². The number of hydrogen-bond donors (Lipinski definition) is 0. The Morgan fingerprint density at radius 3 is 1.31 bits per heavy atom. The summed E-state index contributed by atoms with van der Waals surface area (Å²) in [4.78, 5) is 0. The lowest BCUT2D eigenvalue weighted by molar-refractivity contribution is 0.113. The van der Waals surface area contributed by atoms with E-state index in [1.807, 2.05) is 24.3 Å². The maximum atomic E-state index is 5.44. The molecule has 0 aliphatic heterocycles. The fourth-order valence-corrected chi connectivity index (χ4v) is 0.805. The van der Waals surface area contributed by atoms with Crippen LogP contribution in [0.1, 0.15) is 0 Å². The molecule has 0 aromatic heterocycles. The first kappa shape index (κ1) is 11.9. The minimum atomic E-state index is 0.232. The molecule has 0 aromatic carbocycles. The van der Waals surface area contributed by atoms with Crippen molar-refractivity contribution in [3.05, 3.63) is 50.6 Å². The van der Waals surface area contributed by atoms with Gasteiger partial charge in [-0.15, -0.1) is 26.3 Å². The Hall–Kier alpha value is -1.08. The summed E-state index contributed by atoms with van der Waals surface area (Å²) in [6, 6.07) is 0. The summed E-state index contributed by atoms with van der Waals surface area (Å²) in [7, 11) is 0. The second-order valence-corrected chi connectivity index (χ2v) is 2.81. The van der Waals surface area contributed by atoms with E-state index in [2.05, 4.69) is 26.3 Å². The quantitative estimate of drug-likeness (QED) is 0.519. The van der Waals surface area contributed by atoms with Gasteiger partial charge in [0, 0.05) is 11.8 Å². The summed E-state index contributed by atoms with van der Waals surface area (Å²) in [5, 5.41) is 0. The van der Waals surface area contributed by atoms with Gasteiger partial charge in [-0.2, -0.15) is 0 Å². The molecule has 72 valence electrons. The van der Waals surface area contributed by atoms with Crippen molar-refractivity contribution >= 4 is 0 Å².